The van der Waals surface area contributed by atoms with Crippen molar-refractivity contribution in [3.63, 3.8) is 0 Å². The van der Waals surface area contributed by atoms with Gasteiger partial charge in [0, 0.05) is 12.2 Å². The summed E-state index contributed by atoms with van der Waals surface area (Å²) in [6.07, 6.45) is 2.44. The Kier molecular flexibility index (Phi) is 6.21. The first-order chi connectivity index (χ1) is 10.2. The Balaban J connectivity index is 1.83. The molecule has 1 aliphatic rings. The van der Waals surface area contributed by atoms with Crippen LogP contribution in [0, 0.1) is 12.8 Å². The van der Waals surface area contributed by atoms with Crippen molar-refractivity contribution >= 4 is 11.6 Å². The van der Waals surface area contributed by atoms with Gasteiger partial charge in [0.05, 0.1) is 6.54 Å². The van der Waals surface area contributed by atoms with E-state index in [4.69, 9.17) is 0 Å². The van der Waals surface area contributed by atoms with Crippen molar-refractivity contribution in [2.24, 2.45) is 5.92 Å². The van der Waals surface area contributed by atoms with Crippen LogP contribution >= 0.6 is 0 Å². The number of hydrogen-bond acceptors (Lipinski definition) is 3. The van der Waals surface area contributed by atoms with Crippen molar-refractivity contribution < 1.29 is 4.79 Å². The fourth-order valence-corrected chi connectivity index (χ4v) is 2.84. The molecule has 0 atom stereocenters. The Morgan fingerprint density at radius 2 is 2.05 bits per heavy atom. The van der Waals surface area contributed by atoms with Crippen molar-refractivity contribution in [2.75, 3.05) is 38.0 Å². The Bertz CT molecular complexity index is 455. The summed E-state index contributed by atoms with van der Waals surface area (Å²) in [5, 5.41) is 6.41. The van der Waals surface area contributed by atoms with Gasteiger partial charge in [-0.05, 0) is 56.9 Å². The van der Waals surface area contributed by atoms with Gasteiger partial charge < -0.3 is 10.6 Å². The SMILES string of the molecule is CCN(CC(=O)Nc1ccccc1C)CC1CCNCC1. The van der Waals surface area contributed by atoms with E-state index in [0.29, 0.717) is 6.54 Å². The molecule has 1 aromatic rings. The van der Waals surface area contributed by atoms with E-state index in [-0.39, 0.29) is 5.91 Å². The lowest BCUT2D eigenvalue weighted by Gasteiger charge is -2.29. The first-order valence-corrected chi connectivity index (χ1v) is 7.97. The molecule has 4 nitrogen and oxygen atoms in total. The minimum atomic E-state index is 0.0834. The average Bonchev–Trinajstić information content (AvgIpc) is 2.50. The smallest absolute Gasteiger partial charge is 0.238 e. The van der Waals surface area contributed by atoms with Crippen molar-refractivity contribution in [1.82, 2.24) is 10.2 Å². The van der Waals surface area contributed by atoms with Gasteiger partial charge in [0.15, 0.2) is 0 Å². The summed E-state index contributed by atoms with van der Waals surface area (Å²) in [6.45, 7) is 8.79. The fourth-order valence-electron chi connectivity index (χ4n) is 2.84. The molecular weight excluding hydrogens is 262 g/mol. The zero-order chi connectivity index (χ0) is 15.1. The zero-order valence-electron chi connectivity index (χ0n) is 13.2. The van der Waals surface area contributed by atoms with E-state index in [9.17, 15) is 4.79 Å². The van der Waals surface area contributed by atoms with Gasteiger partial charge in [0.1, 0.15) is 0 Å². The van der Waals surface area contributed by atoms with Crippen LogP contribution in [0.2, 0.25) is 0 Å². The summed E-state index contributed by atoms with van der Waals surface area (Å²) >= 11 is 0. The maximum absolute atomic E-state index is 12.2. The molecule has 4 heteroatoms. The monoisotopic (exact) mass is 289 g/mol. The summed E-state index contributed by atoms with van der Waals surface area (Å²) in [5.74, 6) is 0.803. The number of piperidine rings is 1. The van der Waals surface area contributed by atoms with E-state index in [1.807, 2.05) is 31.2 Å². The topological polar surface area (TPSA) is 44.4 Å². The Morgan fingerprint density at radius 3 is 2.71 bits per heavy atom. The first kappa shape index (κ1) is 16.0. The number of nitrogens with zero attached hydrogens (tertiary/aromatic N) is 1. The molecule has 0 aromatic heterocycles. The molecule has 1 saturated heterocycles. The van der Waals surface area contributed by atoms with Crippen LogP contribution < -0.4 is 10.6 Å². The van der Waals surface area contributed by atoms with Crippen LogP contribution in [0.25, 0.3) is 0 Å². The van der Waals surface area contributed by atoms with Gasteiger partial charge in [-0.2, -0.15) is 0 Å². The lowest BCUT2D eigenvalue weighted by Crippen LogP contribution is -2.39. The van der Waals surface area contributed by atoms with Gasteiger partial charge in [-0.15, -0.1) is 0 Å². The molecule has 0 spiro atoms. The number of carbonyl (C=O) groups is 1. The average molecular weight is 289 g/mol. The van der Waals surface area contributed by atoms with Crippen molar-refractivity contribution in [2.45, 2.75) is 26.7 Å². The molecule has 21 heavy (non-hydrogen) atoms. The van der Waals surface area contributed by atoms with Gasteiger partial charge in [-0.25, -0.2) is 0 Å². The highest BCUT2D eigenvalue weighted by molar-refractivity contribution is 5.92. The van der Waals surface area contributed by atoms with Crippen LogP contribution in [-0.4, -0.2) is 43.5 Å². The molecule has 0 unspecified atom stereocenters. The van der Waals surface area contributed by atoms with Crippen LogP contribution in [0.3, 0.4) is 0 Å². The summed E-state index contributed by atoms with van der Waals surface area (Å²) in [4.78, 5) is 14.5. The molecule has 0 saturated carbocycles. The summed E-state index contributed by atoms with van der Waals surface area (Å²) < 4.78 is 0. The first-order valence-electron chi connectivity index (χ1n) is 7.97. The molecule has 0 bridgehead atoms. The number of amides is 1. The molecule has 1 aliphatic heterocycles. The van der Waals surface area contributed by atoms with Gasteiger partial charge in [0.2, 0.25) is 5.91 Å². The van der Waals surface area contributed by atoms with Gasteiger partial charge >= 0.3 is 0 Å². The third-order valence-electron chi connectivity index (χ3n) is 4.21. The number of benzene rings is 1. The normalized spacial score (nSPS) is 16.1. The maximum Gasteiger partial charge on any atom is 0.238 e. The van der Waals surface area contributed by atoms with Crippen molar-refractivity contribution in [1.29, 1.82) is 0 Å². The fraction of sp³-hybridized carbons (Fsp3) is 0.588. The van der Waals surface area contributed by atoms with Crippen LogP contribution in [-0.2, 0) is 4.79 Å². The maximum atomic E-state index is 12.2. The van der Waals surface area contributed by atoms with Gasteiger partial charge in [-0.1, -0.05) is 25.1 Å². The predicted octanol–water partition coefficient (Wildman–Crippen LogP) is 2.26. The third-order valence-corrected chi connectivity index (χ3v) is 4.21. The lowest BCUT2D eigenvalue weighted by molar-refractivity contribution is -0.117. The molecule has 1 aromatic carbocycles. The highest BCUT2D eigenvalue weighted by Crippen LogP contribution is 2.15. The zero-order valence-corrected chi connectivity index (χ0v) is 13.2. The minimum absolute atomic E-state index is 0.0834. The molecule has 1 fully saturated rings. The summed E-state index contributed by atoms with van der Waals surface area (Å²) in [6, 6.07) is 7.91. The molecule has 1 heterocycles. The molecule has 2 N–H and O–H groups in total. The highest BCUT2D eigenvalue weighted by Gasteiger charge is 2.18. The Morgan fingerprint density at radius 1 is 1.33 bits per heavy atom. The third kappa shape index (κ3) is 5.14. The van der Waals surface area contributed by atoms with E-state index in [1.54, 1.807) is 0 Å². The largest absolute Gasteiger partial charge is 0.325 e. The number of aryl methyl sites for hydroxylation is 1. The van der Waals surface area contributed by atoms with E-state index in [0.717, 1.165) is 43.3 Å². The Hall–Kier alpha value is -1.39. The van der Waals surface area contributed by atoms with Gasteiger partial charge in [0.25, 0.3) is 0 Å². The van der Waals surface area contributed by atoms with E-state index in [2.05, 4.69) is 22.5 Å². The minimum Gasteiger partial charge on any atom is -0.325 e. The number of nitrogens with one attached hydrogen (secondary N) is 2. The quantitative estimate of drug-likeness (QED) is 0.844. The molecular formula is C17H27N3O. The molecule has 0 radical (unpaired) electrons. The standard InChI is InChI=1S/C17H27N3O/c1-3-20(12-15-8-10-18-11-9-15)13-17(21)19-16-7-5-4-6-14(16)2/h4-7,15,18H,3,8-13H2,1-2H3,(H,19,21). The number of likely N-dealkylation sites (N-methyl/N-ethyl adjacent to an activating group) is 1. The number of anilines is 1. The molecule has 116 valence electrons. The van der Waals surface area contributed by atoms with Crippen LogP contribution in [0.4, 0.5) is 5.69 Å². The van der Waals surface area contributed by atoms with Crippen LogP contribution in [0.1, 0.15) is 25.3 Å². The summed E-state index contributed by atoms with van der Waals surface area (Å²) in [7, 11) is 0. The van der Waals surface area contributed by atoms with Crippen LogP contribution in [0.5, 0.6) is 0 Å². The second-order valence-electron chi connectivity index (χ2n) is 5.88. The Labute approximate surface area is 127 Å². The molecule has 2 rings (SSSR count). The highest BCUT2D eigenvalue weighted by atomic mass is 16.2. The summed E-state index contributed by atoms with van der Waals surface area (Å²) in [5.41, 5.74) is 2.02. The number of carbonyl (C=O) groups excluding carboxylic acids is 1. The molecule has 1 amide bonds. The van der Waals surface area contributed by atoms with Crippen molar-refractivity contribution in [3.8, 4) is 0 Å². The predicted molar refractivity (Wildman–Crippen MR) is 87.5 cm³/mol. The number of hydrogen-bond donors (Lipinski definition) is 2. The van der Waals surface area contributed by atoms with Gasteiger partial charge in [-0.3, -0.25) is 9.69 Å². The number of rotatable bonds is 6. The second-order valence-corrected chi connectivity index (χ2v) is 5.88. The molecule has 0 aliphatic carbocycles. The lowest BCUT2D eigenvalue weighted by atomic mass is 9.97. The number of para-hydroxylation sites is 1. The van der Waals surface area contributed by atoms with Crippen LogP contribution in [0.15, 0.2) is 24.3 Å². The van der Waals surface area contributed by atoms with E-state index >= 15 is 0 Å². The second kappa shape index (κ2) is 8.15. The van der Waals surface area contributed by atoms with Crippen molar-refractivity contribution in [3.05, 3.63) is 29.8 Å². The van der Waals surface area contributed by atoms with E-state index < -0.39 is 0 Å². The van der Waals surface area contributed by atoms with E-state index in [1.165, 1.54) is 12.8 Å².